The van der Waals surface area contributed by atoms with Crippen LogP contribution in [0.2, 0.25) is 5.02 Å². The molecule has 4 nitrogen and oxygen atoms in total. The van der Waals surface area contributed by atoms with Crippen LogP contribution in [0, 0.1) is 0 Å². The van der Waals surface area contributed by atoms with Crippen molar-refractivity contribution in [3.05, 3.63) is 77.6 Å². The molecule has 0 amide bonds. The zero-order valence-corrected chi connectivity index (χ0v) is 13.4. The number of hydrogen-bond acceptors (Lipinski definition) is 4. The summed E-state index contributed by atoms with van der Waals surface area (Å²) in [5, 5.41) is 10.9. The Bertz CT molecular complexity index is 992. The topological polar surface area (TPSA) is 48.2 Å². The van der Waals surface area contributed by atoms with Gasteiger partial charge in [0.1, 0.15) is 5.75 Å². The van der Waals surface area contributed by atoms with E-state index in [9.17, 15) is 0 Å². The van der Waals surface area contributed by atoms with Gasteiger partial charge < -0.3 is 9.15 Å². The Kier molecular flexibility index (Phi) is 3.89. The smallest absolute Gasteiger partial charge is 0.254 e. The first-order valence-corrected chi connectivity index (χ1v) is 7.86. The number of rotatable bonds is 4. The molecule has 0 aliphatic heterocycles. The minimum Gasteiger partial charge on any atom is -0.483 e. The average Bonchev–Trinajstić information content (AvgIpc) is 3.09. The van der Waals surface area contributed by atoms with Crippen LogP contribution in [-0.4, -0.2) is 10.2 Å². The normalized spacial score (nSPS) is 10.9. The second-order valence-corrected chi connectivity index (χ2v) is 5.71. The number of hydrogen-bond donors (Lipinski definition) is 0. The highest BCUT2D eigenvalue weighted by atomic mass is 35.5. The van der Waals surface area contributed by atoms with E-state index in [2.05, 4.69) is 10.2 Å². The van der Waals surface area contributed by atoms with Gasteiger partial charge in [-0.05, 0) is 29.7 Å². The van der Waals surface area contributed by atoms with E-state index in [4.69, 9.17) is 20.8 Å². The van der Waals surface area contributed by atoms with Crippen molar-refractivity contribution in [3.8, 4) is 17.2 Å². The van der Waals surface area contributed by atoms with Crippen molar-refractivity contribution >= 4 is 22.4 Å². The summed E-state index contributed by atoms with van der Waals surface area (Å²) in [6.45, 7) is 0.210. The van der Waals surface area contributed by atoms with Crippen LogP contribution in [0.3, 0.4) is 0 Å². The predicted octanol–water partition coefficient (Wildman–Crippen LogP) is 5.12. The fraction of sp³-hybridized carbons (Fsp3) is 0.0526. The van der Waals surface area contributed by atoms with Gasteiger partial charge in [-0.25, -0.2) is 0 Å². The fourth-order valence-corrected chi connectivity index (χ4v) is 2.70. The number of nitrogens with zero attached hydrogens (tertiary/aromatic N) is 2. The largest absolute Gasteiger partial charge is 0.483 e. The molecule has 0 unspecified atom stereocenters. The maximum absolute atomic E-state index is 5.98. The van der Waals surface area contributed by atoms with E-state index in [1.807, 2.05) is 54.6 Å². The molecule has 3 aromatic carbocycles. The second-order valence-electron chi connectivity index (χ2n) is 5.28. The Balaban J connectivity index is 1.54. The third-order valence-electron chi connectivity index (χ3n) is 3.64. The van der Waals surface area contributed by atoms with Gasteiger partial charge in [0.2, 0.25) is 5.89 Å². The highest BCUT2D eigenvalue weighted by Crippen LogP contribution is 2.26. The Labute approximate surface area is 143 Å². The van der Waals surface area contributed by atoms with Gasteiger partial charge in [0, 0.05) is 16.0 Å². The van der Waals surface area contributed by atoms with Crippen LogP contribution in [0.5, 0.6) is 5.75 Å². The predicted molar refractivity (Wildman–Crippen MR) is 93.0 cm³/mol. The summed E-state index contributed by atoms with van der Waals surface area (Å²) in [7, 11) is 0. The summed E-state index contributed by atoms with van der Waals surface area (Å²) in [5.74, 6) is 1.63. The van der Waals surface area contributed by atoms with Gasteiger partial charge in [0.25, 0.3) is 5.89 Å². The molecule has 0 bridgehead atoms. The average molecular weight is 337 g/mol. The lowest BCUT2D eigenvalue weighted by Crippen LogP contribution is -1.96. The van der Waals surface area contributed by atoms with Crippen molar-refractivity contribution in [2.24, 2.45) is 0 Å². The van der Waals surface area contributed by atoms with Crippen LogP contribution in [0.4, 0.5) is 0 Å². The Hall–Kier alpha value is -2.85. The Morgan fingerprint density at radius 1 is 0.917 bits per heavy atom. The molecule has 0 atom stereocenters. The molecule has 1 aromatic heterocycles. The summed E-state index contributed by atoms with van der Waals surface area (Å²) in [5.41, 5.74) is 0.784. The van der Waals surface area contributed by atoms with Crippen LogP contribution in [-0.2, 0) is 6.61 Å². The van der Waals surface area contributed by atoms with Gasteiger partial charge in [-0.3, -0.25) is 0 Å². The number of ether oxygens (including phenoxy) is 1. The maximum atomic E-state index is 5.98. The van der Waals surface area contributed by atoms with E-state index in [1.165, 1.54) is 0 Å². The summed E-state index contributed by atoms with van der Waals surface area (Å²) < 4.78 is 11.5. The first kappa shape index (κ1) is 14.7. The van der Waals surface area contributed by atoms with Crippen molar-refractivity contribution in [3.63, 3.8) is 0 Å². The molecule has 0 N–H and O–H groups in total. The molecule has 0 fully saturated rings. The van der Waals surface area contributed by atoms with E-state index in [1.54, 1.807) is 12.1 Å². The molecule has 1 heterocycles. The number of benzene rings is 3. The summed E-state index contributed by atoms with van der Waals surface area (Å²) >= 11 is 5.98. The molecule has 118 valence electrons. The van der Waals surface area contributed by atoms with E-state index in [0.717, 1.165) is 22.1 Å². The third kappa shape index (κ3) is 2.96. The molecule has 0 spiro atoms. The molecule has 0 saturated heterocycles. The lowest BCUT2D eigenvalue weighted by atomic mass is 10.1. The lowest BCUT2D eigenvalue weighted by molar-refractivity contribution is 0.267. The van der Waals surface area contributed by atoms with E-state index < -0.39 is 0 Å². The van der Waals surface area contributed by atoms with Crippen molar-refractivity contribution in [2.75, 3.05) is 0 Å². The highest BCUT2D eigenvalue weighted by molar-refractivity contribution is 6.30. The zero-order chi connectivity index (χ0) is 16.4. The second kappa shape index (κ2) is 6.34. The quantitative estimate of drug-likeness (QED) is 0.519. The molecule has 4 rings (SSSR count). The molecule has 5 heteroatoms. The standard InChI is InChI=1S/C19H13ClN2O2/c20-15-8-3-7-14(11-15)19-22-21-18(24-19)12-23-17-10-4-6-13-5-1-2-9-16(13)17/h1-11H,12H2. The van der Waals surface area contributed by atoms with Gasteiger partial charge in [-0.15, -0.1) is 10.2 Å². The van der Waals surface area contributed by atoms with E-state index in [-0.39, 0.29) is 6.61 Å². The Morgan fingerprint density at radius 3 is 2.67 bits per heavy atom. The van der Waals surface area contributed by atoms with Gasteiger partial charge in [0.15, 0.2) is 6.61 Å². The number of halogens is 1. The first-order valence-electron chi connectivity index (χ1n) is 7.48. The number of aromatic nitrogens is 2. The molecule has 0 radical (unpaired) electrons. The SMILES string of the molecule is Clc1cccc(-c2nnc(COc3cccc4ccccc34)o2)c1. The summed E-state index contributed by atoms with van der Waals surface area (Å²) in [6, 6.07) is 21.3. The van der Waals surface area contributed by atoms with Gasteiger partial charge >= 0.3 is 0 Å². The molecule has 0 aliphatic carbocycles. The van der Waals surface area contributed by atoms with Crippen LogP contribution in [0.25, 0.3) is 22.2 Å². The minimum absolute atomic E-state index is 0.210. The van der Waals surface area contributed by atoms with Gasteiger partial charge in [-0.2, -0.15) is 0 Å². The zero-order valence-electron chi connectivity index (χ0n) is 12.6. The van der Waals surface area contributed by atoms with Crippen LogP contribution < -0.4 is 4.74 Å². The van der Waals surface area contributed by atoms with Crippen LogP contribution in [0.15, 0.2) is 71.1 Å². The van der Waals surface area contributed by atoms with Gasteiger partial charge in [-0.1, -0.05) is 54.1 Å². The summed E-state index contributed by atoms with van der Waals surface area (Å²) in [6.07, 6.45) is 0. The highest BCUT2D eigenvalue weighted by Gasteiger charge is 2.10. The molecule has 0 saturated carbocycles. The molecule has 4 aromatic rings. The lowest BCUT2D eigenvalue weighted by Gasteiger charge is -2.07. The van der Waals surface area contributed by atoms with Gasteiger partial charge in [0.05, 0.1) is 0 Å². The Morgan fingerprint density at radius 2 is 1.75 bits per heavy atom. The first-order chi connectivity index (χ1) is 11.8. The van der Waals surface area contributed by atoms with Crippen molar-refractivity contribution in [1.82, 2.24) is 10.2 Å². The molecule has 24 heavy (non-hydrogen) atoms. The van der Waals surface area contributed by atoms with Crippen LogP contribution >= 0.6 is 11.6 Å². The van der Waals surface area contributed by atoms with E-state index >= 15 is 0 Å². The third-order valence-corrected chi connectivity index (χ3v) is 3.87. The van der Waals surface area contributed by atoms with E-state index in [0.29, 0.717) is 16.8 Å². The fourth-order valence-electron chi connectivity index (χ4n) is 2.51. The molecule has 0 aliphatic rings. The minimum atomic E-state index is 0.210. The van der Waals surface area contributed by atoms with Crippen molar-refractivity contribution < 1.29 is 9.15 Å². The monoisotopic (exact) mass is 336 g/mol. The maximum Gasteiger partial charge on any atom is 0.254 e. The van der Waals surface area contributed by atoms with Crippen molar-refractivity contribution in [2.45, 2.75) is 6.61 Å². The molecular weight excluding hydrogens is 324 g/mol. The summed E-state index contributed by atoms with van der Waals surface area (Å²) in [4.78, 5) is 0. The molecular formula is C19H13ClN2O2. The number of fused-ring (bicyclic) bond motifs is 1. The van der Waals surface area contributed by atoms with Crippen LogP contribution in [0.1, 0.15) is 5.89 Å². The van der Waals surface area contributed by atoms with Crippen molar-refractivity contribution in [1.29, 1.82) is 0 Å².